The van der Waals surface area contributed by atoms with E-state index in [1.807, 2.05) is 43.0 Å². The van der Waals surface area contributed by atoms with Crippen LogP contribution in [0.15, 0.2) is 67.3 Å². The van der Waals surface area contributed by atoms with E-state index in [1.54, 1.807) is 0 Å². The molecule has 0 spiro atoms. The number of rotatable bonds is 11. The van der Waals surface area contributed by atoms with Crippen LogP contribution in [0, 0.1) is 6.92 Å². The summed E-state index contributed by atoms with van der Waals surface area (Å²) < 4.78 is 8.46. The van der Waals surface area contributed by atoms with Crippen LogP contribution in [0.5, 0.6) is 5.75 Å². The Balaban J connectivity index is 1.46. The Morgan fingerprint density at radius 3 is 2.36 bits per heavy atom. The first-order valence-corrected chi connectivity index (χ1v) is 10.5. The van der Waals surface area contributed by atoms with Gasteiger partial charge < -0.3 is 9.30 Å². The summed E-state index contributed by atoms with van der Waals surface area (Å²) in [4.78, 5) is 4.08. The first kappa shape index (κ1) is 20.5. The van der Waals surface area contributed by atoms with E-state index in [0.29, 0.717) is 0 Å². The van der Waals surface area contributed by atoms with Crippen molar-refractivity contribution < 1.29 is 4.74 Å². The molecule has 0 aliphatic rings. The van der Waals surface area contributed by atoms with Crippen molar-refractivity contribution in [1.29, 1.82) is 0 Å². The topological polar surface area (TPSA) is 27.1 Å². The zero-order valence-corrected chi connectivity index (χ0v) is 17.3. The predicted octanol–water partition coefficient (Wildman–Crippen LogP) is 7.01. The molecule has 148 valence electrons. The molecule has 1 heterocycles. The lowest BCUT2D eigenvalue weighted by atomic mass is 10.0. The summed E-state index contributed by atoms with van der Waals surface area (Å²) in [5.41, 5.74) is 2.43. The maximum Gasteiger partial charge on any atom is 0.124 e. The second-order valence-corrected chi connectivity index (χ2v) is 7.76. The minimum Gasteiger partial charge on any atom is -0.486 e. The molecule has 4 heteroatoms. The number of aryl methyl sites for hydroxylation is 2. The highest BCUT2D eigenvalue weighted by Gasteiger charge is 2.13. The molecule has 0 saturated carbocycles. The van der Waals surface area contributed by atoms with Crippen molar-refractivity contribution in [1.82, 2.24) is 9.55 Å². The third kappa shape index (κ3) is 6.72. The summed E-state index contributed by atoms with van der Waals surface area (Å²) in [5, 5.41) is 0.760. The molecule has 3 rings (SSSR count). The minimum atomic E-state index is 0.0610. The monoisotopic (exact) mass is 396 g/mol. The molecule has 0 N–H and O–H groups in total. The van der Waals surface area contributed by atoms with Crippen LogP contribution in [0.2, 0.25) is 5.02 Å². The maximum absolute atomic E-state index is 6.32. The number of unbranched alkanes of at least 4 members (excludes halogenated alkanes) is 4. The van der Waals surface area contributed by atoms with Crippen molar-refractivity contribution in [3.8, 4) is 5.75 Å². The summed E-state index contributed by atoms with van der Waals surface area (Å²) in [6.45, 7) is 3.15. The number of hydrogen-bond donors (Lipinski definition) is 0. The van der Waals surface area contributed by atoms with Gasteiger partial charge >= 0.3 is 0 Å². The Kier molecular flexibility index (Phi) is 7.98. The summed E-state index contributed by atoms with van der Waals surface area (Å²) in [5.74, 6) is 0.922. The maximum atomic E-state index is 6.32. The Morgan fingerprint density at radius 2 is 1.64 bits per heavy atom. The molecule has 0 bridgehead atoms. The van der Waals surface area contributed by atoms with E-state index in [0.717, 1.165) is 30.2 Å². The van der Waals surface area contributed by atoms with Gasteiger partial charge in [0.2, 0.25) is 0 Å². The number of benzene rings is 2. The van der Waals surface area contributed by atoms with Gasteiger partial charge in [0.25, 0.3) is 0 Å². The second-order valence-electron chi connectivity index (χ2n) is 7.33. The van der Waals surface area contributed by atoms with E-state index < -0.39 is 0 Å². The van der Waals surface area contributed by atoms with Crippen LogP contribution in [0.1, 0.15) is 55.8 Å². The molecule has 0 fully saturated rings. The molecule has 0 saturated heterocycles. The fraction of sp³-hybridized carbons (Fsp3) is 0.375. The van der Waals surface area contributed by atoms with E-state index in [4.69, 9.17) is 16.3 Å². The van der Waals surface area contributed by atoms with Gasteiger partial charge in [0, 0.05) is 24.0 Å². The highest BCUT2D eigenvalue weighted by atomic mass is 35.5. The number of hydrogen-bond acceptors (Lipinski definition) is 2. The first-order chi connectivity index (χ1) is 13.7. The predicted molar refractivity (Wildman–Crippen MR) is 116 cm³/mol. The Hall–Kier alpha value is -2.26. The van der Waals surface area contributed by atoms with Crippen molar-refractivity contribution in [3.63, 3.8) is 0 Å². The van der Waals surface area contributed by atoms with Gasteiger partial charge in [-0.3, -0.25) is 0 Å². The van der Waals surface area contributed by atoms with Crippen molar-refractivity contribution in [2.75, 3.05) is 0 Å². The fourth-order valence-electron chi connectivity index (χ4n) is 3.33. The minimum absolute atomic E-state index is 0.0610. The second kappa shape index (κ2) is 10.9. The van der Waals surface area contributed by atoms with Crippen molar-refractivity contribution in [2.45, 2.75) is 58.1 Å². The molecule has 0 amide bonds. The lowest BCUT2D eigenvalue weighted by molar-refractivity contribution is 0.190. The molecule has 0 unspecified atom stereocenters. The lowest BCUT2D eigenvalue weighted by Gasteiger charge is -2.20. The van der Waals surface area contributed by atoms with Crippen LogP contribution in [-0.2, 0) is 6.54 Å². The molecule has 0 aliphatic carbocycles. The zero-order valence-electron chi connectivity index (χ0n) is 16.6. The van der Waals surface area contributed by atoms with E-state index in [1.165, 1.54) is 36.8 Å². The molecule has 3 nitrogen and oxygen atoms in total. The average Bonchev–Trinajstić information content (AvgIpc) is 3.22. The normalized spacial score (nSPS) is 12.1. The fourth-order valence-corrected chi connectivity index (χ4v) is 3.45. The highest BCUT2D eigenvalue weighted by Crippen LogP contribution is 2.28. The largest absolute Gasteiger partial charge is 0.486 e. The SMILES string of the molecule is Cc1ccc(O[C@H](CCCCCCCn2ccnc2)c2ccc(Cl)cc2)cc1. The Bertz CT molecular complexity index is 798. The lowest BCUT2D eigenvalue weighted by Crippen LogP contribution is -2.08. The van der Waals surface area contributed by atoms with Crippen molar-refractivity contribution in [3.05, 3.63) is 83.4 Å². The van der Waals surface area contributed by atoms with Gasteiger partial charge in [0.05, 0.1) is 6.33 Å². The molecule has 28 heavy (non-hydrogen) atoms. The van der Waals surface area contributed by atoms with Gasteiger partial charge in [-0.2, -0.15) is 0 Å². The number of ether oxygens (including phenoxy) is 1. The highest BCUT2D eigenvalue weighted by molar-refractivity contribution is 6.30. The molecular weight excluding hydrogens is 368 g/mol. The Labute approximate surface area is 173 Å². The number of aromatic nitrogens is 2. The van der Waals surface area contributed by atoms with Gasteiger partial charge in [-0.1, -0.05) is 60.7 Å². The molecule has 3 aromatic rings. The smallest absolute Gasteiger partial charge is 0.124 e. The average molecular weight is 397 g/mol. The summed E-state index contributed by atoms with van der Waals surface area (Å²) in [7, 11) is 0. The van der Waals surface area contributed by atoms with Gasteiger partial charge in [-0.05, 0) is 56.0 Å². The summed E-state index contributed by atoms with van der Waals surface area (Å²) in [6.07, 6.45) is 12.9. The molecule has 2 aromatic carbocycles. The van der Waals surface area contributed by atoms with Crippen LogP contribution in [0.25, 0.3) is 0 Å². The molecule has 0 aliphatic heterocycles. The van der Waals surface area contributed by atoms with Gasteiger partial charge in [0.1, 0.15) is 11.9 Å². The van der Waals surface area contributed by atoms with Crippen molar-refractivity contribution >= 4 is 11.6 Å². The van der Waals surface area contributed by atoms with Crippen LogP contribution in [0.3, 0.4) is 0 Å². The molecular formula is C24H29ClN2O. The zero-order chi connectivity index (χ0) is 19.6. The third-order valence-electron chi connectivity index (χ3n) is 4.98. The van der Waals surface area contributed by atoms with Crippen LogP contribution in [0.4, 0.5) is 0 Å². The van der Waals surface area contributed by atoms with Crippen LogP contribution < -0.4 is 4.74 Å². The molecule has 1 aromatic heterocycles. The standard InChI is InChI=1S/C24H29ClN2O/c1-20-8-14-23(15-9-20)28-24(21-10-12-22(25)13-11-21)7-5-3-2-4-6-17-27-18-16-26-19-27/h8-16,18-19,24H,2-7,17H2,1H3/t24-/m1/s1. The first-order valence-electron chi connectivity index (χ1n) is 10.2. The third-order valence-corrected chi connectivity index (χ3v) is 5.23. The molecule has 1 atom stereocenters. The number of nitrogens with zero attached hydrogens (tertiary/aromatic N) is 2. The summed E-state index contributed by atoms with van der Waals surface area (Å²) in [6, 6.07) is 16.3. The van der Waals surface area contributed by atoms with E-state index >= 15 is 0 Å². The van der Waals surface area contributed by atoms with Crippen molar-refractivity contribution in [2.24, 2.45) is 0 Å². The van der Waals surface area contributed by atoms with E-state index in [2.05, 4.69) is 40.7 Å². The molecule has 0 radical (unpaired) electrons. The number of imidazole rings is 1. The van der Waals surface area contributed by atoms with Gasteiger partial charge in [-0.25, -0.2) is 4.98 Å². The number of halogens is 1. The summed E-state index contributed by atoms with van der Waals surface area (Å²) >= 11 is 6.06. The van der Waals surface area contributed by atoms with Gasteiger partial charge in [-0.15, -0.1) is 0 Å². The quantitative estimate of drug-likeness (QED) is 0.326. The van der Waals surface area contributed by atoms with Crippen LogP contribution in [-0.4, -0.2) is 9.55 Å². The van der Waals surface area contributed by atoms with E-state index in [9.17, 15) is 0 Å². The van der Waals surface area contributed by atoms with E-state index in [-0.39, 0.29) is 6.10 Å². The van der Waals surface area contributed by atoms with Gasteiger partial charge in [0.15, 0.2) is 0 Å². The van der Waals surface area contributed by atoms with Crippen LogP contribution >= 0.6 is 11.6 Å². The Morgan fingerprint density at radius 1 is 0.929 bits per heavy atom.